The van der Waals surface area contributed by atoms with Gasteiger partial charge in [-0.05, 0) is 53.7 Å². The molecule has 1 aromatic carbocycles. The molecule has 1 unspecified atom stereocenters. The zero-order valence-corrected chi connectivity index (χ0v) is 13.1. The lowest BCUT2D eigenvalue weighted by atomic mass is 10.0. The summed E-state index contributed by atoms with van der Waals surface area (Å²) in [5.41, 5.74) is 2.48. The second-order valence-electron chi connectivity index (χ2n) is 5.47. The molecule has 1 atom stereocenters. The van der Waals surface area contributed by atoms with Gasteiger partial charge >= 0.3 is 5.69 Å². The minimum Gasteiger partial charge on any atom is -0.382 e. The van der Waals surface area contributed by atoms with E-state index >= 15 is 0 Å². The van der Waals surface area contributed by atoms with Gasteiger partial charge in [-0.1, -0.05) is 13.8 Å². The van der Waals surface area contributed by atoms with Crippen LogP contribution in [0.25, 0.3) is 11.0 Å². The van der Waals surface area contributed by atoms with Crippen LogP contribution in [-0.2, 0) is 0 Å². The van der Waals surface area contributed by atoms with Gasteiger partial charge in [0.15, 0.2) is 0 Å². The lowest BCUT2D eigenvalue weighted by molar-refractivity contribution is 0.527. The average molecular weight is 326 g/mol. The molecule has 19 heavy (non-hydrogen) atoms. The smallest absolute Gasteiger partial charge is 0.323 e. The Balaban J connectivity index is 2.15. The standard InChI is InChI=1S/C14H20BrN3O/c1-8(2)4-5-9(3)16-11-7-13-12(6-10(11)15)17-14(19)18-13/h6-9,16H,4-5H2,1-3H3,(H2,17,18,19). The molecular weight excluding hydrogens is 306 g/mol. The van der Waals surface area contributed by atoms with Gasteiger partial charge in [-0.25, -0.2) is 4.79 Å². The van der Waals surface area contributed by atoms with E-state index in [-0.39, 0.29) is 5.69 Å². The summed E-state index contributed by atoms with van der Waals surface area (Å²) in [7, 11) is 0. The van der Waals surface area contributed by atoms with Crippen molar-refractivity contribution in [3.63, 3.8) is 0 Å². The number of aromatic nitrogens is 2. The fourth-order valence-electron chi connectivity index (χ4n) is 2.09. The number of imidazole rings is 1. The first-order valence-electron chi connectivity index (χ1n) is 6.64. The first kappa shape index (κ1) is 14.2. The number of anilines is 1. The molecule has 0 amide bonds. The van der Waals surface area contributed by atoms with E-state index in [0.29, 0.717) is 6.04 Å². The highest BCUT2D eigenvalue weighted by Gasteiger charge is 2.09. The zero-order chi connectivity index (χ0) is 14.0. The summed E-state index contributed by atoms with van der Waals surface area (Å²) in [5.74, 6) is 0.719. The van der Waals surface area contributed by atoms with Crippen molar-refractivity contribution in [2.45, 2.75) is 39.7 Å². The third-order valence-corrected chi connectivity index (χ3v) is 3.84. The summed E-state index contributed by atoms with van der Waals surface area (Å²) in [6, 6.07) is 4.29. The van der Waals surface area contributed by atoms with Gasteiger partial charge in [0.05, 0.1) is 16.7 Å². The van der Waals surface area contributed by atoms with Gasteiger partial charge < -0.3 is 15.3 Å². The van der Waals surface area contributed by atoms with Crippen molar-refractivity contribution < 1.29 is 0 Å². The van der Waals surface area contributed by atoms with Crippen molar-refractivity contribution in [3.05, 3.63) is 27.1 Å². The predicted octanol–water partition coefficient (Wildman–Crippen LogP) is 3.86. The first-order chi connectivity index (χ1) is 8.95. The number of fused-ring (bicyclic) bond motifs is 1. The van der Waals surface area contributed by atoms with Crippen molar-refractivity contribution in [1.82, 2.24) is 9.97 Å². The lowest BCUT2D eigenvalue weighted by Gasteiger charge is -2.17. The molecule has 104 valence electrons. The molecule has 0 bridgehead atoms. The van der Waals surface area contributed by atoms with Crippen LogP contribution in [-0.4, -0.2) is 16.0 Å². The van der Waals surface area contributed by atoms with Crippen molar-refractivity contribution in [1.29, 1.82) is 0 Å². The zero-order valence-electron chi connectivity index (χ0n) is 11.5. The molecule has 1 heterocycles. The summed E-state index contributed by atoms with van der Waals surface area (Å²) in [5, 5.41) is 3.48. The molecule has 0 radical (unpaired) electrons. The summed E-state index contributed by atoms with van der Waals surface area (Å²) in [6.45, 7) is 6.65. The number of H-pyrrole nitrogens is 2. The van der Waals surface area contributed by atoms with E-state index in [1.54, 1.807) is 0 Å². The number of aromatic amines is 2. The van der Waals surface area contributed by atoms with E-state index in [4.69, 9.17) is 0 Å². The lowest BCUT2D eigenvalue weighted by Crippen LogP contribution is -2.16. The number of hydrogen-bond donors (Lipinski definition) is 3. The van der Waals surface area contributed by atoms with Crippen LogP contribution < -0.4 is 11.0 Å². The van der Waals surface area contributed by atoms with Crippen molar-refractivity contribution in [2.24, 2.45) is 5.92 Å². The van der Waals surface area contributed by atoms with E-state index in [1.807, 2.05) is 12.1 Å². The van der Waals surface area contributed by atoms with Gasteiger partial charge in [-0.15, -0.1) is 0 Å². The maximum atomic E-state index is 11.3. The van der Waals surface area contributed by atoms with Gasteiger partial charge in [-0.2, -0.15) is 0 Å². The number of halogens is 1. The number of nitrogens with one attached hydrogen (secondary N) is 3. The first-order valence-corrected chi connectivity index (χ1v) is 7.43. The van der Waals surface area contributed by atoms with E-state index in [0.717, 1.165) is 33.5 Å². The van der Waals surface area contributed by atoms with E-state index < -0.39 is 0 Å². The Kier molecular flexibility index (Phi) is 4.34. The van der Waals surface area contributed by atoms with Gasteiger partial charge in [-0.3, -0.25) is 0 Å². The van der Waals surface area contributed by atoms with Gasteiger partial charge in [0, 0.05) is 10.5 Å². The second-order valence-corrected chi connectivity index (χ2v) is 6.33. The molecule has 1 aromatic heterocycles. The SMILES string of the molecule is CC(C)CCC(C)Nc1cc2[nH]c(=O)[nH]c2cc1Br. The Hall–Kier alpha value is -1.23. The Bertz CT molecular complexity index is 615. The monoisotopic (exact) mass is 325 g/mol. The molecule has 5 heteroatoms. The number of benzene rings is 1. The van der Waals surface area contributed by atoms with Crippen LogP contribution in [0.4, 0.5) is 5.69 Å². The van der Waals surface area contributed by atoms with Crippen LogP contribution in [0, 0.1) is 5.92 Å². The third kappa shape index (κ3) is 3.62. The molecule has 3 N–H and O–H groups in total. The fraction of sp³-hybridized carbons (Fsp3) is 0.500. The number of hydrogen-bond acceptors (Lipinski definition) is 2. The molecule has 0 fully saturated rings. The van der Waals surface area contributed by atoms with E-state index in [1.165, 1.54) is 6.42 Å². The molecule has 0 saturated carbocycles. The van der Waals surface area contributed by atoms with Crippen LogP contribution >= 0.6 is 15.9 Å². The highest BCUT2D eigenvalue weighted by molar-refractivity contribution is 9.10. The molecular formula is C14H20BrN3O. The van der Waals surface area contributed by atoms with Crippen LogP contribution in [0.1, 0.15) is 33.6 Å². The van der Waals surface area contributed by atoms with Crippen LogP contribution in [0.15, 0.2) is 21.4 Å². The van der Waals surface area contributed by atoms with Crippen LogP contribution in [0.5, 0.6) is 0 Å². The van der Waals surface area contributed by atoms with Crippen molar-refractivity contribution >= 4 is 32.7 Å². The predicted molar refractivity (Wildman–Crippen MR) is 83.8 cm³/mol. The van der Waals surface area contributed by atoms with Gasteiger partial charge in [0.25, 0.3) is 0 Å². The molecule has 0 saturated heterocycles. The largest absolute Gasteiger partial charge is 0.382 e. The maximum Gasteiger partial charge on any atom is 0.323 e. The second kappa shape index (κ2) is 5.82. The topological polar surface area (TPSA) is 60.7 Å². The quantitative estimate of drug-likeness (QED) is 0.781. The van der Waals surface area contributed by atoms with Gasteiger partial charge in [0.1, 0.15) is 0 Å². The highest BCUT2D eigenvalue weighted by atomic mass is 79.9. The fourth-order valence-corrected chi connectivity index (χ4v) is 2.55. The summed E-state index contributed by atoms with van der Waals surface area (Å²) >= 11 is 3.54. The minimum absolute atomic E-state index is 0.174. The Morgan fingerprint density at radius 2 is 1.79 bits per heavy atom. The molecule has 2 aromatic rings. The van der Waals surface area contributed by atoms with E-state index in [9.17, 15) is 4.79 Å². The Labute approximate surface area is 121 Å². The molecule has 0 aliphatic heterocycles. The molecule has 2 rings (SSSR count). The van der Waals surface area contributed by atoms with Gasteiger partial charge in [0.2, 0.25) is 0 Å². The molecule has 4 nitrogen and oxygen atoms in total. The Morgan fingerprint density at radius 3 is 2.42 bits per heavy atom. The highest BCUT2D eigenvalue weighted by Crippen LogP contribution is 2.27. The molecule has 0 spiro atoms. The third-order valence-electron chi connectivity index (χ3n) is 3.18. The van der Waals surface area contributed by atoms with E-state index in [2.05, 4.69) is 52.0 Å². The summed E-state index contributed by atoms with van der Waals surface area (Å²) in [6.07, 6.45) is 2.33. The summed E-state index contributed by atoms with van der Waals surface area (Å²) in [4.78, 5) is 16.8. The number of rotatable bonds is 5. The van der Waals surface area contributed by atoms with Crippen LogP contribution in [0.3, 0.4) is 0 Å². The van der Waals surface area contributed by atoms with Crippen molar-refractivity contribution in [3.8, 4) is 0 Å². The van der Waals surface area contributed by atoms with Crippen molar-refractivity contribution in [2.75, 3.05) is 5.32 Å². The maximum absolute atomic E-state index is 11.3. The Morgan fingerprint density at radius 1 is 1.16 bits per heavy atom. The summed E-state index contributed by atoms with van der Waals surface area (Å²) < 4.78 is 0.964. The molecule has 0 aliphatic carbocycles. The normalized spacial score (nSPS) is 13.1. The average Bonchev–Trinajstić information content (AvgIpc) is 2.66. The van der Waals surface area contributed by atoms with Crippen LogP contribution in [0.2, 0.25) is 0 Å². The molecule has 0 aliphatic rings. The minimum atomic E-state index is -0.174.